The van der Waals surface area contributed by atoms with Crippen LogP contribution in [0.15, 0.2) is 12.1 Å². The highest BCUT2D eigenvalue weighted by Gasteiger charge is 2.13. The normalized spacial score (nSPS) is 10.8. The zero-order chi connectivity index (χ0) is 9.30. The van der Waals surface area contributed by atoms with Crippen molar-refractivity contribution in [3.05, 3.63) is 34.6 Å². The van der Waals surface area contributed by atoms with Gasteiger partial charge in [0.1, 0.15) is 5.82 Å². The first-order chi connectivity index (χ1) is 5.52. The summed E-state index contributed by atoms with van der Waals surface area (Å²) in [6, 6.07) is 2.33. The van der Waals surface area contributed by atoms with Crippen LogP contribution < -0.4 is 0 Å². The third-order valence-corrected chi connectivity index (χ3v) is 1.85. The van der Waals surface area contributed by atoms with Crippen molar-refractivity contribution in [2.75, 3.05) is 0 Å². The first-order valence-corrected chi connectivity index (χ1v) is 3.57. The summed E-state index contributed by atoms with van der Waals surface area (Å²) in [6.07, 6.45) is -2.73. The summed E-state index contributed by atoms with van der Waals surface area (Å²) in [6.45, 7) is 3.37. The van der Waals surface area contributed by atoms with Gasteiger partial charge in [0.2, 0.25) is 0 Å². The van der Waals surface area contributed by atoms with Gasteiger partial charge >= 0.3 is 0 Å². The second kappa shape index (κ2) is 3.17. The minimum absolute atomic E-state index is 0.516. The van der Waals surface area contributed by atoms with Gasteiger partial charge in [-0.2, -0.15) is 0 Å². The van der Waals surface area contributed by atoms with Gasteiger partial charge in [-0.3, -0.25) is 0 Å². The predicted octanol–water partition coefficient (Wildman–Crippen LogP) is 3.38. The van der Waals surface area contributed by atoms with Gasteiger partial charge in [-0.1, -0.05) is 0 Å². The van der Waals surface area contributed by atoms with Crippen molar-refractivity contribution >= 4 is 0 Å². The van der Waals surface area contributed by atoms with E-state index in [2.05, 4.69) is 0 Å². The molecule has 0 heterocycles. The standard InChI is InChI=1S/C9H9F3/c1-5-3-7(9(11)12)8(10)4-6(5)2/h3-4,9H,1-2H3. The maximum Gasteiger partial charge on any atom is 0.266 e. The zero-order valence-corrected chi connectivity index (χ0v) is 6.87. The van der Waals surface area contributed by atoms with Crippen molar-refractivity contribution in [3.8, 4) is 0 Å². The Balaban J connectivity index is 3.23. The molecule has 12 heavy (non-hydrogen) atoms. The van der Waals surface area contributed by atoms with E-state index >= 15 is 0 Å². The SMILES string of the molecule is Cc1cc(F)c(C(F)F)cc1C. The fraction of sp³-hybridized carbons (Fsp3) is 0.333. The Labute approximate surface area is 69.0 Å². The molecule has 0 saturated carbocycles. The summed E-state index contributed by atoms with van der Waals surface area (Å²) in [5, 5.41) is 0. The Morgan fingerprint density at radius 3 is 2.08 bits per heavy atom. The largest absolute Gasteiger partial charge is 0.266 e. The molecule has 0 N–H and O–H groups in total. The average molecular weight is 174 g/mol. The van der Waals surface area contributed by atoms with E-state index in [4.69, 9.17) is 0 Å². The van der Waals surface area contributed by atoms with Gasteiger partial charge in [0.25, 0.3) is 6.43 Å². The van der Waals surface area contributed by atoms with Crippen LogP contribution in [0.25, 0.3) is 0 Å². The van der Waals surface area contributed by atoms with Crippen LogP contribution in [0.2, 0.25) is 0 Å². The molecule has 0 spiro atoms. The number of benzene rings is 1. The molecule has 0 fully saturated rings. The van der Waals surface area contributed by atoms with Crippen molar-refractivity contribution in [3.63, 3.8) is 0 Å². The number of alkyl halides is 2. The van der Waals surface area contributed by atoms with E-state index in [0.717, 1.165) is 6.07 Å². The van der Waals surface area contributed by atoms with E-state index in [9.17, 15) is 13.2 Å². The number of halogens is 3. The highest BCUT2D eigenvalue weighted by molar-refractivity contribution is 5.31. The molecule has 0 radical (unpaired) electrons. The van der Waals surface area contributed by atoms with Gasteiger partial charge in [0.15, 0.2) is 0 Å². The highest BCUT2D eigenvalue weighted by atomic mass is 19.3. The first-order valence-electron chi connectivity index (χ1n) is 3.57. The molecule has 1 aromatic carbocycles. The number of hydrogen-bond acceptors (Lipinski definition) is 0. The molecule has 0 saturated heterocycles. The van der Waals surface area contributed by atoms with Crippen molar-refractivity contribution in [1.29, 1.82) is 0 Å². The molecular formula is C9H9F3. The van der Waals surface area contributed by atoms with Crippen molar-refractivity contribution in [1.82, 2.24) is 0 Å². The Hall–Kier alpha value is -0.990. The van der Waals surface area contributed by atoms with Crippen LogP contribution >= 0.6 is 0 Å². The molecule has 66 valence electrons. The fourth-order valence-electron chi connectivity index (χ4n) is 0.971. The van der Waals surface area contributed by atoms with E-state index in [-0.39, 0.29) is 0 Å². The lowest BCUT2D eigenvalue weighted by Gasteiger charge is -2.05. The predicted molar refractivity (Wildman–Crippen MR) is 40.8 cm³/mol. The molecular weight excluding hydrogens is 165 g/mol. The summed E-state index contributed by atoms with van der Waals surface area (Å²) in [5.74, 6) is -0.826. The third-order valence-electron chi connectivity index (χ3n) is 1.85. The third kappa shape index (κ3) is 1.60. The van der Waals surface area contributed by atoms with Crippen molar-refractivity contribution in [2.45, 2.75) is 20.3 Å². The monoisotopic (exact) mass is 174 g/mol. The van der Waals surface area contributed by atoms with Gasteiger partial charge < -0.3 is 0 Å². The van der Waals surface area contributed by atoms with Gasteiger partial charge in [0, 0.05) is 0 Å². The maximum absolute atomic E-state index is 12.8. The van der Waals surface area contributed by atoms with Crippen LogP contribution in [-0.4, -0.2) is 0 Å². The van der Waals surface area contributed by atoms with Crippen LogP contribution in [0.3, 0.4) is 0 Å². The summed E-state index contributed by atoms with van der Waals surface area (Å²) in [5.41, 5.74) is 0.863. The molecule has 3 heteroatoms. The Kier molecular flexibility index (Phi) is 2.40. The molecule has 0 atom stereocenters. The molecule has 0 unspecified atom stereocenters. The number of rotatable bonds is 1. The highest BCUT2D eigenvalue weighted by Crippen LogP contribution is 2.24. The van der Waals surface area contributed by atoms with Gasteiger partial charge in [-0.05, 0) is 37.1 Å². The molecule has 0 aromatic heterocycles. The van der Waals surface area contributed by atoms with Crippen molar-refractivity contribution < 1.29 is 13.2 Å². The average Bonchev–Trinajstić information content (AvgIpc) is 1.96. The minimum atomic E-state index is -2.73. The first kappa shape index (κ1) is 9.10. The maximum atomic E-state index is 12.8. The van der Waals surface area contributed by atoms with E-state index in [1.807, 2.05) is 0 Å². The van der Waals surface area contributed by atoms with E-state index in [1.54, 1.807) is 13.8 Å². The van der Waals surface area contributed by atoms with E-state index in [1.165, 1.54) is 6.07 Å². The fourth-order valence-corrected chi connectivity index (χ4v) is 0.971. The van der Waals surface area contributed by atoms with Crippen LogP contribution in [0.5, 0.6) is 0 Å². The Morgan fingerprint density at radius 1 is 1.08 bits per heavy atom. The quantitative estimate of drug-likeness (QED) is 0.612. The molecule has 0 aliphatic rings. The van der Waals surface area contributed by atoms with E-state index in [0.29, 0.717) is 11.1 Å². The minimum Gasteiger partial charge on any atom is -0.206 e. The second-order valence-corrected chi connectivity index (χ2v) is 2.76. The summed E-state index contributed by atoms with van der Waals surface area (Å²) in [7, 11) is 0. The van der Waals surface area contributed by atoms with E-state index < -0.39 is 17.8 Å². The summed E-state index contributed by atoms with van der Waals surface area (Å²) >= 11 is 0. The molecule has 0 nitrogen and oxygen atoms in total. The van der Waals surface area contributed by atoms with Gasteiger partial charge in [0.05, 0.1) is 5.56 Å². The lowest BCUT2D eigenvalue weighted by molar-refractivity contribution is 0.146. The van der Waals surface area contributed by atoms with Gasteiger partial charge in [-0.25, -0.2) is 13.2 Å². The van der Waals surface area contributed by atoms with Gasteiger partial charge in [-0.15, -0.1) is 0 Å². The second-order valence-electron chi connectivity index (χ2n) is 2.76. The van der Waals surface area contributed by atoms with Crippen LogP contribution in [0.1, 0.15) is 23.1 Å². The molecule has 0 aliphatic heterocycles. The van der Waals surface area contributed by atoms with Crippen molar-refractivity contribution in [2.24, 2.45) is 0 Å². The lowest BCUT2D eigenvalue weighted by Crippen LogP contribution is -1.93. The number of aryl methyl sites for hydroxylation is 2. The Bertz CT molecular complexity index is 292. The lowest BCUT2D eigenvalue weighted by atomic mass is 10.1. The molecule has 0 bridgehead atoms. The smallest absolute Gasteiger partial charge is 0.206 e. The summed E-state index contributed by atoms with van der Waals surface area (Å²) in [4.78, 5) is 0. The number of hydrogen-bond donors (Lipinski definition) is 0. The van der Waals surface area contributed by atoms with Crippen LogP contribution in [-0.2, 0) is 0 Å². The molecule has 1 aromatic rings. The molecule has 0 amide bonds. The zero-order valence-electron chi connectivity index (χ0n) is 6.87. The summed E-state index contributed by atoms with van der Waals surface area (Å²) < 4.78 is 37.0. The van der Waals surface area contributed by atoms with Crippen LogP contribution in [0.4, 0.5) is 13.2 Å². The Morgan fingerprint density at radius 2 is 1.58 bits per heavy atom. The molecule has 0 aliphatic carbocycles. The molecule has 1 rings (SSSR count). The topological polar surface area (TPSA) is 0 Å². The van der Waals surface area contributed by atoms with Crippen LogP contribution in [0, 0.1) is 19.7 Å².